The summed E-state index contributed by atoms with van der Waals surface area (Å²) >= 11 is 6.26. The Bertz CT molecular complexity index is 586. The molecule has 0 spiro atoms. The third-order valence-electron chi connectivity index (χ3n) is 3.29. The second-order valence-corrected chi connectivity index (χ2v) is 5.00. The van der Waals surface area contributed by atoms with Gasteiger partial charge in [0.15, 0.2) is 0 Å². The van der Waals surface area contributed by atoms with E-state index >= 15 is 0 Å². The Kier molecular flexibility index (Phi) is 4.99. The third kappa shape index (κ3) is 3.30. The van der Waals surface area contributed by atoms with Crippen LogP contribution in [0.15, 0.2) is 42.5 Å². The number of hydrogen-bond acceptors (Lipinski definition) is 2. The molecular weight excluding hydrogens is 275 g/mol. The van der Waals surface area contributed by atoms with Gasteiger partial charge in [0.1, 0.15) is 5.82 Å². The molecule has 2 aromatic rings. The molecule has 0 aromatic heterocycles. The van der Waals surface area contributed by atoms with Crippen molar-refractivity contribution in [3.63, 3.8) is 0 Å². The van der Waals surface area contributed by atoms with Crippen LogP contribution in [0.25, 0.3) is 0 Å². The Labute approximate surface area is 124 Å². The SMILES string of the molecule is CCN(Cc1ccc(CN)cc1Cl)c1ccccc1F. The van der Waals surface area contributed by atoms with Gasteiger partial charge in [-0.25, -0.2) is 4.39 Å². The molecule has 2 aromatic carbocycles. The van der Waals surface area contributed by atoms with Gasteiger partial charge in [-0.1, -0.05) is 35.9 Å². The monoisotopic (exact) mass is 292 g/mol. The van der Waals surface area contributed by atoms with Gasteiger partial charge in [0, 0.05) is 24.7 Å². The fourth-order valence-electron chi connectivity index (χ4n) is 2.13. The standard InChI is InChI=1S/C16H18ClFN2/c1-2-20(16-6-4-3-5-15(16)18)11-13-8-7-12(10-19)9-14(13)17/h3-9H,2,10-11,19H2,1H3. The van der Waals surface area contributed by atoms with E-state index in [1.807, 2.05) is 36.1 Å². The lowest BCUT2D eigenvalue weighted by molar-refractivity contribution is 0.618. The minimum Gasteiger partial charge on any atom is -0.365 e. The summed E-state index contributed by atoms with van der Waals surface area (Å²) in [6, 6.07) is 12.5. The van der Waals surface area contributed by atoms with Crippen molar-refractivity contribution in [2.24, 2.45) is 5.73 Å². The molecule has 0 bridgehead atoms. The maximum atomic E-state index is 13.9. The summed E-state index contributed by atoms with van der Waals surface area (Å²) in [5.74, 6) is -0.218. The van der Waals surface area contributed by atoms with Crippen LogP contribution in [-0.4, -0.2) is 6.54 Å². The molecule has 0 unspecified atom stereocenters. The number of anilines is 1. The normalized spacial score (nSPS) is 10.6. The highest BCUT2D eigenvalue weighted by Crippen LogP contribution is 2.24. The number of rotatable bonds is 5. The zero-order valence-corrected chi connectivity index (χ0v) is 12.2. The van der Waals surface area contributed by atoms with E-state index in [1.54, 1.807) is 12.1 Å². The molecule has 2 nitrogen and oxygen atoms in total. The van der Waals surface area contributed by atoms with E-state index in [9.17, 15) is 4.39 Å². The summed E-state index contributed by atoms with van der Waals surface area (Å²) in [6.45, 7) is 3.73. The highest BCUT2D eigenvalue weighted by atomic mass is 35.5. The topological polar surface area (TPSA) is 29.3 Å². The van der Waals surface area contributed by atoms with Gasteiger partial charge >= 0.3 is 0 Å². The van der Waals surface area contributed by atoms with Crippen LogP contribution in [0.2, 0.25) is 5.02 Å². The van der Waals surface area contributed by atoms with Crippen molar-refractivity contribution in [1.82, 2.24) is 0 Å². The van der Waals surface area contributed by atoms with Crippen LogP contribution in [0.3, 0.4) is 0 Å². The average molecular weight is 293 g/mol. The molecule has 0 aliphatic heterocycles. The molecule has 2 rings (SSSR count). The first-order chi connectivity index (χ1) is 9.65. The first-order valence-corrected chi connectivity index (χ1v) is 7.00. The average Bonchev–Trinajstić information content (AvgIpc) is 2.47. The molecule has 4 heteroatoms. The van der Waals surface area contributed by atoms with Gasteiger partial charge in [-0.15, -0.1) is 0 Å². The Morgan fingerprint density at radius 1 is 1.20 bits per heavy atom. The number of nitrogens with two attached hydrogens (primary N) is 1. The van der Waals surface area contributed by atoms with Crippen LogP contribution >= 0.6 is 11.6 Å². The van der Waals surface area contributed by atoms with E-state index in [-0.39, 0.29) is 5.82 Å². The second-order valence-electron chi connectivity index (χ2n) is 4.60. The van der Waals surface area contributed by atoms with Crippen LogP contribution in [0.5, 0.6) is 0 Å². The van der Waals surface area contributed by atoms with Crippen molar-refractivity contribution in [1.29, 1.82) is 0 Å². The molecule has 20 heavy (non-hydrogen) atoms. The van der Waals surface area contributed by atoms with Gasteiger partial charge in [0.05, 0.1) is 5.69 Å². The molecule has 106 valence electrons. The number of nitrogens with zero attached hydrogens (tertiary/aromatic N) is 1. The van der Waals surface area contributed by atoms with Crippen LogP contribution in [0.1, 0.15) is 18.1 Å². The molecule has 0 aliphatic carbocycles. The molecule has 0 radical (unpaired) electrons. The minimum atomic E-state index is -0.218. The van der Waals surface area contributed by atoms with Crippen molar-refractivity contribution in [3.8, 4) is 0 Å². The van der Waals surface area contributed by atoms with Crippen LogP contribution in [0, 0.1) is 5.82 Å². The molecule has 0 amide bonds. The number of para-hydroxylation sites is 1. The fraction of sp³-hybridized carbons (Fsp3) is 0.250. The third-order valence-corrected chi connectivity index (χ3v) is 3.64. The highest BCUT2D eigenvalue weighted by Gasteiger charge is 2.11. The van der Waals surface area contributed by atoms with E-state index in [4.69, 9.17) is 17.3 Å². The zero-order valence-electron chi connectivity index (χ0n) is 11.4. The Morgan fingerprint density at radius 3 is 2.55 bits per heavy atom. The molecule has 0 heterocycles. The quantitative estimate of drug-likeness (QED) is 0.904. The molecule has 2 N–H and O–H groups in total. The predicted molar refractivity (Wildman–Crippen MR) is 82.5 cm³/mol. The van der Waals surface area contributed by atoms with E-state index in [2.05, 4.69) is 0 Å². The van der Waals surface area contributed by atoms with Crippen LogP contribution < -0.4 is 10.6 Å². The van der Waals surface area contributed by atoms with Crippen LogP contribution in [0.4, 0.5) is 10.1 Å². The first-order valence-electron chi connectivity index (χ1n) is 6.62. The summed E-state index contributed by atoms with van der Waals surface area (Å²) < 4.78 is 13.9. The van der Waals surface area contributed by atoms with Crippen molar-refractivity contribution in [3.05, 3.63) is 64.4 Å². The van der Waals surface area contributed by atoms with Crippen LogP contribution in [-0.2, 0) is 13.1 Å². The van der Waals surface area contributed by atoms with Gasteiger partial charge < -0.3 is 10.6 Å². The molecule has 0 saturated carbocycles. The fourth-order valence-corrected chi connectivity index (χ4v) is 2.39. The van der Waals surface area contributed by atoms with E-state index < -0.39 is 0 Å². The summed E-state index contributed by atoms with van der Waals surface area (Å²) in [5.41, 5.74) is 8.14. The predicted octanol–water partition coefficient (Wildman–Crippen LogP) is 3.96. The smallest absolute Gasteiger partial charge is 0.146 e. The zero-order chi connectivity index (χ0) is 14.5. The summed E-state index contributed by atoms with van der Waals surface area (Å²) in [6.07, 6.45) is 0. The lowest BCUT2D eigenvalue weighted by Crippen LogP contribution is -2.23. The lowest BCUT2D eigenvalue weighted by atomic mass is 10.1. The van der Waals surface area contributed by atoms with Crippen molar-refractivity contribution in [2.45, 2.75) is 20.0 Å². The molecule has 0 atom stereocenters. The lowest BCUT2D eigenvalue weighted by Gasteiger charge is -2.24. The minimum absolute atomic E-state index is 0.218. The summed E-state index contributed by atoms with van der Waals surface area (Å²) in [4.78, 5) is 1.96. The molecular formula is C16H18ClFN2. The van der Waals surface area contributed by atoms with E-state index in [1.165, 1.54) is 6.07 Å². The van der Waals surface area contributed by atoms with Gasteiger partial charge in [-0.3, -0.25) is 0 Å². The summed E-state index contributed by atoms with van der Waals surface area (Å²) in [7, 11) is 0. The van der Waals surface area contributed by atoms with Gasteiger partial charge in [-0.2, -0.15) is 0 Å². The van der Waals surface area contributed by atoms with E-state index in [0.29, 0.717) is 30.3 Å². The maximum absolute atomic E-state index is 13.9. The molecule has 0 saturated heterocycles. The number of benzene rings is 2. The second kappa shape index (κ2) is 6.73. The first kappa shape index (κ1) is 14.8. The molecule has 0 aliphatic rings. The maximum Gasteiger partial charge on any atom is 0.146 e. The Morgan fingerprint density at radius 2 is 1.95 bits per heavy atom. The van der Waals surface area contributed by atoms with Gasteiger partial charge in [0.2, 0.25) is 0 Å². The van der Waals surface area contributed by atoms with Crippen molar-refractivity contribution in [2.75, 3.05) is 11.4 Å². The van der Waals surface area contributed by atoms with E-state index in [0.717, 1.165) is 11.1 Å². The molecule has 0 fully saturated rings. The Hall–Kier alpha value is -1.58. The van der Waals surface area contributed by atoms with Crippen molar-refractivity contribution >= 4 is 17.3 Å². The number of halogens is 2. The largest absolute Gasteiger partial charge is 0.365 e. The van der Waals surface area contributed by atoms with Gasteiger partial charge in [0.25, 0.3) is 0 Å². The summed E-state index contributed by atoms with van der Waals surface area (Å²) in [5, 5.41) is 0.669. The highest BCUT2D eigenvalue weighted by molar-refractivity contribution is 6.31. The Balaban J connectivity index is 2.25. The number of hydrogen-bond donors (Lipinski definition) is 1. The van der Waals surface area contributed by atoms with Crippen molar-refractivity contribution < 1.29 is 4.39 Å². The van der Waals surface area contributed by atoms with Gasteiger partial charge in [-0.05, 0) is 36.2 Å².